The van der Waals surface area contributed by atoms with Gasteiger partial charge in [0, 0.05) is 6.92 Å². The first-order valence-corrected chi connectivity index (χ1v) is 6.73. The number of ether oxygens (including phenoxy) is 2. The molecular weight excluding hydrogens is 316 g/mol. The van der Waals surface area contributed by atoms with Crippen molar-refractivity contribution in [2.24, 2.45) is 0 Å². The molecule has 0 unspecified atom stereocenters. The predicted molar refractivity (Wildman–Crippen MR) is 84.7 cm³/mol. The number of para-hydroxylation sites is 2. The third-order valence-corrected chi connectivity index (χ3v) is 2.71. The van der Waals surface area contributed by atoms with Crippen LogP contribution < -0.4 is 9.47 Å². The number of methoxy groups -OCH3 is 1. The van der Waals surface area contributed by atoms with E-state index >= 15 is 0 Å². The Morgan fingerprint density at radius 3 is 1.58 bits per heavy atom. The highest BCUT2D eigenvalue weighted by Gasteiger charge is 2.11. The Morgan fingerprint density at radius 2 is 1.21 bits per heavy atom. The Balaban J connectivity index is 0.000000243. The van der Waals surface area contributed by atoms with E-state index in [4.69, 9.17) is 14.9 Å². The fraction of sp³-hybridized carbons (Fsp3) is 0.118. The van der Waals surface area contributed by atoms with E-state index in [2.05, 4.69) is 4.74 Å². The molecule has 0 radical (unpaired) electrons. The van der Waals surface area contributed by atoms with Gasteiger partial charge in [-0.25, -0.2) is 9.59 Å². The van der Waals surface area contributed by atoms with Crippen molar-refractivity contribution >= 4 is 17.9 Å². The Bertz CT molecular complexity index is 737. The molecule has 0 bridgehead atoms. The summed E-state index contributed by atoms with van der Waals surface area (Å²) in [5, 5.41) is 17.3. The molecular formula is C17H16O7. The minimum absolute atomic E-state index is 0.0160. The summed E-state index contributed by atoms with van der Waals surface area (Å²) in [6.45, 7) is 1.22. The number of hydrogen-bond acceptors (Lipinski definition) is 5. The summed E-state index contributed by atoms with van der Waals surface area (Å²) in [5.74, 6) is -2.16. The predicted octanol–water partition coefficient (Wildman–Crippen LogP) is 2.70. The number of hydrogen-bond donors (Lipinski definition) is 2. The molecule has 0 saturated carbocycles. The van der Waals surface area contributed by atoms with Crippen molar-refractivity contribution in [2.45, 2.75) is 6.92 Å². The number of aromatic carboxylic acids is 2. The van der Waals surface area contributed by atoms with E-state index in [1.165, 1.54) is 32.2 Å². The van der Waals surface area contributed by atoms with E-state index in [1.54, 1.807) is 30.3 Å². The molecule has 2 aromatic carbocycles. The van der Waals surface area contributed by atoms with Crippen molar-refractivity contribution in [3.05, 3.63) is 59.7 Å². The second-order valence-corrected chi connectivity index (χ2v) is 4.40. The molecule has 7 heteroatoms. The SMILES string of the molecule is CC(=O)Oc1ccccc1C(=O)O.COc1ccccc1C(=O)O. The molecule has 0 aliphatic heterocycles. The van der Waals surface area contributed by atoms with Crippen LogP contribution in [0.1, 0.15) is 27.6 Å². The first-order valence-electron chi connectivity index (χ1n) is 6.73. The highest BCUT2D eigenvalue weighted by molar-refractivity contribution is 5.92. The van der Waals surface area contributed by atoms with Crippen LogP contribution in [0.5, 0.6) is 11.5 Å². The lowest BCUT2D eigenvalue weighted by Gasteiger charge is -2.03. The van der Waals surface area contributed by atoms with E-state index in [-0.39, 0.29) is 16.9 Å². The number of carboxylic acids is 2. The highest BCUT2D eigenvalue weighted by Crippen LogP contribution is 2.17. The summed E-state index contributed by atoms with van der Waals surface area (Å²) in [6.07, 6.45) is 0. The smallest absolute Gasteiger partial charge is 0.339 e. The molecule has 0 spiro atoms. The van der Waals surface area contributed by atoms with Crippen LogP contribution in [0.25, 0.3) is 0 Å². The second-order valence-electron chi connectivity index (χ2n) is 4.40. The summed E-state index contributed by atoms with van der Waals surface area (Å²) in [7, 11) is 1.45. The lowest BCUT2D eigenvalue weighted by Crippen LogP contribution is -2.06. The van der Waals surface area contributed by atoms with Crippen molar-refractivity contribution in [1.82, 2.24) is 0 Å². The zero-order chi connectivity index (χ0) is 18.1. The average molecular weight is 332 g/mol. The molecule has 0 aliphatic rings. The van der Waals surface area contributed by atoms with Crippen molar-refractivity contribution in [1.29, 1.82) is 0 Å². The molecule has 0 aromatic heterocycles. The van der Waals surface area contributed by atoms with Crippen molar-refractivity contribution in [3.63, 3.8) is 0 Å². The Labute approximate surface area is 138 Å². The van der Waals surface area contributed by atoms with Gasteiger partial charge >= 0.3 is 17.9 Å². The van der Waals surface area contributed by atoms with Gasteiger partial charge in [0.25, 0.3) is 0 Å². The minimum atomic E-state index is -1.11. The standard InChI is InChI=1S/C9H8O4.C8H8O3/c1-6(10)13-8-5-3-2-4-7(8)9(11)12;1-11-7-5-3-2-4-6(7)8(9)10/h2-5H,1H3,(H,11,12);2-5H,1H3,(H,9,10). The number of benzene rings is 2. The van der Waals surface area contributed by atoms with E-state index < -0.39 is 17.9 Å². The van der Waals surface area contributed by atoms with Crippen LogP contribution in [0.2, 0.25) is 0 Å². The van der Waals surface area contributed by atoms with Crippen molar-refractivity contribution in [3.8, 4) is 11.5 Å². The first kappa shape index (κ1) is 18.7. The lowest BCUT2D eigenvalue weighted by atomic mass is 10.2. The maximum absolute atomic E-state index is 10.6. The molecule has 0 atom stereocenters. The van der Waals surface area contributed by atoms with Crippen LogP contribution in [0.3, 0.4) is 0 Å². The van der Waals surface area contributed by atoms with E-state index in [1.807, 2.05) is 0 Å². The molecule has 2 rings (SSSR count). The van der Waals surface area contributed by atoms with Crippen LogP contribution in [-0.4, -0.2) is 35.2 Å². The fourth-order valence-corrected chi connectivity index (χ4v) is 1.71. The molecule has 7 nitrogen and oxygen atoms in total. The molecule has 0 saturated heterocycles. The van der Waals surface area contributed by atoms with Gasteiger partial charge in [0.05, 0.1) is 7.11 Å². The van der Waals surface area contributed by atoms with Gasteiger partial charge in [-0.15, -0.1) is 0 Å². The van der Waals surface area contributed by atoms with Crippen LogP contribution in [-0.2, 0) is 4.79 Å². The Hall–Kier alpha value is -3.35. The van der Waals surface area contributed by atoms with Crippen LogP contribution in [0.15, 0.2) is 48.5 Å². The van der Waals surface area contributed by atoms with Crippen LogP contribution in [0, 0.1) is 0 Å². The fourth-order valence-electron chi connectivity index (χ4n) is 1.71. The topological polar surface area (TPSA) is 110 Å². The normalized spacial score (nSPS) is 9.25. The average Bonchev–Trinajstić information content (AvgIpc) is 2.55. The van der Waals surface area contributed by atoms with Gasteiger partial charge in [-0.3, -0.25) is 4.79 Å². The highest BCUT2D eigenvalue weighted by atomic mass is 16.5. The maximum Gasteiger partial charge on any atom is 0.339 e. The molecule has 2 aromatic rings. The Morgan fingerprint density at radius 1 is 0.792 bits per heavy atom. The van der Waals surface area contributed by atoms with Crippen molar-refractivity contribution in [2.75, 3.05) is 7.11 Å². The molecule has 24 heavy (non-hydrogen) atoms. The van der Waals surface area contributed by atoms with Gasteiger partial charge in [0.2, 0.25) is 0 Å². The van der Waals surface area contributed by atoms with Gasteiger partial charge in [-0.2, -0.15) is 0 Å². The Kier molecular flexibility index (Phi) is 6.97. The van der Waals surface area contributed by atoms with Gasteiger partial charge in [0.15, 0.2) is 0 Å². The number of rotatable bonds is 4. The summed E-state index contributed by atoms with van der Waals surface area (Å²) >= 11 is 0. The maximum atomic E-state index is 10.6. The molecule has 0 aliphatic carbocycles. The molecule has 0 heterocycles. The monoisotopic (exact) mass is 332 g/mol. The number of esters is 1. The van der Waals surface area contributed by atoms with Gasteiger partial charge in [-0.05, 0) is 24.3 Å². The van der Waals surface area contributed by atoms with Gasteiger partial charge in [0.1, 0.15) is 22.6 Å². The largest absolute Gasteiger partial charge is 0.496 e. The van der Waals surface area contributed by atoms with Gasteiger partial charge < -0.3 is 19.7 Å². The molecule has 0 fully saturated rings. The van der Waals surface area contributed by atoms with Gasteiger partial charge in [-0.1, -0.05) is 24.3 Å². The minimum Gasteiger partial charge on any atom is -0.496 e. The summed E-state index contributed by atoms with van der Waals surface area (Å²) in [4.78, 5) is 31.7. The van der Waals surface area contributed by atoms with Crippen LogP contribution in [0.4, 0.5) is 0 Å². The quantitative estimate of drug-likeness (QED) is 0.654. The summed E-state index contributed by atoms with van der Waals surface area (Å²) < 4.78 is 9.51. The molecule has 2 N–H and O–H groups in total. The number of carbonyl (C=O) groups excluding carboxylic acids is 1. The molecule has 0 amide bonds. The van der Waals surface area contributed by atoms with Crippen LogP contribution >= 0.6 is 0 Å². The van der Waals surface area contributed by atoms with Crippen molar-refractivity contribution < 1.29 is 34.1 Å². The number of carbonyl (C=O) groups is 3. The zero-order valence-corrected chi connectivity index (χ0v) is 13.1. The summed E-state index contributed by atoms with van der Waals surface area (Å²) in [6, 6.07) is 12.5. The number of carboxylic acid groups (broad SMARTS) is 2. The molecule has 126 valence electrons. The van der Waals surface area contributed by atoms with E-state index in [0.29, 0.717) is 5.75 Å². The second kappa shape index (κ2) is 8.94. The first-order chi connectivity index (χ1) is 11.4. The summed E-state index contributed by atoms with van der Waals surface area (Å²) in [5.41, 5.74) is 0.174. The van der Waals surface area contributed by atoms with E-state index in [0.717, 1.165) is 0 Å². The van der Waals surface area contributed by atoms with E-state index in [9.17, 15) is 14.4 Å². The zero-order valence-electron chi connectivity index (χ0n) is 13.1. The lowest BCUT2D eigenvalue weighted by molar-refractivity contribution is -0.131. The third kappa shape index (κ3) is 5.45. The third-order valence-electron chi connectivity index (χ3n) is 2.71.